The van der Waals surface area contributed by atoms with Crippen LogP contribution < -0.4 is 10.6 Å². The molecule has 0 bridgehead atoms. The van der Waals surface area contributed by atoms with Gasteiger partial charge in [0.25, 0.3) is 0 Å². The van der Waals surface area contributed by atoms with Gasteiger partial charge in [0, 0.05) is 13.0 Å². The van der Waals surface area contributed by atoms with Crippen molar-refractivity contribution in [2.45, 2.75) is 39.2 Å². The summed E-state index contributed by atoms with van der Waals surface area (Å²) in [6, 6.07) is -0.391. The smallest absolute Gasteiger partial charge is 0.303 e. The van der Waals surface area contributed by atoms with Crippen molar-refractivity contribution >= 4 is 11.9 Å². The predicted octanol–water partition coefficient (Wildman–Crippen LogP) is 0.356. The van der Waals surface area contributed by atoms with E-state index in [1.165, 1.54) is 0 Å². The van der Waals surface area contributed by atoms with Crippen LogP contribution in [0.3, 0.4) is 0 Å². The molecule has 0 aliphatic rings. The van der Waals surface area contributed by atoms with Gasteiger partial charge in [-0.3, -0.25) is 9.59 Å². The number of aliphatic carboxylic acids is 1. The van der Waals surface area contributed by atoms with Gasteiger partial charge < -0.3 is 15.7 Å². The zero-order chi connectivity index (χ0) is 11.7. The minimum Gasteiger partial charge on any atom is -0.481 e. The van der Waals surface area contributed by atoms with Crippen LogP contribution in [0.1, 0.15) is 33.1 Å². The van der Waals surface area contributed by atoms with Crippen molar-refractivity contribution in [1.29, 1.82) is 0 Å². The third-order valence-corrected chi connectivity index (χ3v) is 1.96. The van der Waals surface area contributed by atoms with E-state index in [-0.39, 0.29) is 12.3 Å². The summed E-state index contributed by atoms with van der Waals surface area (Å²) in [5.74, 6) is -0.985. The van der Waals surface area contributed by atoms with E-state index in [1.54, 1.807) is 0 Å². The molecular formula is C10H20N2O3. The number of carbonyl (C=O) groups excluding carboxylic acids is 1. The van der Waals surface area contributed by atoms with Crippen molar-refractivity contribution in [3.63, 3.8) is 0 Å². The van der Waals surface area contributed by atoms with Crippen LogP contribution in [-0.4, -0.2) is 36.1 Å². The molecule has 5 nitrogen and oxygen atoms in total. The second-order valence-electron chi connectivity index (χ2n) is 3.33. The highest BCUT2D eigenvalue weighted by atomic mass is 16.4. The van der Waals surface area contributed by atoms with Crippen molar-refractivity contribution < 1.29 is 14.7 Å². The number of hydrogen-bond acceptors (Lipinski definition) is 3. The Balaban J connectivity index is 4.00. The molecule has 0 aliphatic heterocycles. The summed E-state index contributed by atoms with van der Waals surface area (Å²) in [7, 11) is 0. The van der Waals surface area contributed by atoms with Crippen LogP contribution in [0.15, 0.2) is 0 Å². The highest BCUT2D eigenvalue weighted by Gasteiger charge is 2.17. The van der Waals surface area contributed by atoms with E-state index in [0.29, 0.717) is 19.5 Å². The maximum atomic E-state index is 11.5. The number of hydrogen-bond donors (Lipinski definition) is 3. The van der Waals surface area contributed by atoms with Crippen molar-refractivity contribution in [3.8, 4) is 0 Å². The first-order chi connectivity index (χ1) is 7.11. The number of carbonyl (C=O) groups is 2. The standard InChI is InChI=1S/C10H20N2O3/c1-3-7-12-10(15)8(11-4-2)5-6-9(13)14/h8,11H,3-7H2,1-2H3,(H,12,15)(H,13,14)/t8-/m0/s1. The van der Waals surface area contributed by atoms with E-state index in [0.717, 1.165) is 6.42 Å². The lowest BCUT2D eigenvalue weighted by Crippen LogP contribution is -2.44. The number of carboxylic acid groups (broad SMARTS) is 1. The molecule has 0 aromatic carbocycles. The van der Waals surface area contributed by atoms with Gasteiger partial charge in [-0.2, -0.15) is 0 Å². The van der Waals surface area contributed by atoms with Gasteiger partial charge in [-0.1, -0.05) is 13.8 Å². The van der Waals surface area contributed by atoms with Crippen LogP contribution in [0, 0.1) is 0 Å². The molecular weight excluding hydrogens is 196 g/mol. The van der Waals surface area contributed by atoms with Crippen molar-refractivity contribution in [1.82, 2.24) is 10.6 Å². The van der Waals surface area contributed by atoms with E-state index in [4.69, 9.17) is 5.11 Å². The summed E-state index contributed by atoms with van der Waals surface area (Å²) >= 11 is 0. The first kappa shape index (κ1) is 13.9. The van der Waals surface area contributed by atoms with E-state index < -0.39 is 12.0 Å². The molecule has 1 atom stereocenters. The van der Waals surface area contributed by atoms with Gasteiger partial charge in [0.05, 0.1) is 6.04 Å². The molecule has 3 N–H and O–H groups in total. The van der Waals surface area contributed by atoms with Crippen molar-refractivity contribution in [2.24, 2.45) is 0 Å². The molecule has 0 fully saturated rings. The molecule has 15 heavy (non-hydrogen) atoms. The first-order valence-corrected chi connectivity index (χ1v) is 5.34. The van der Waals surface area contributed by atoms with Crippen LogP contribution >= 0.6 is 0 Å². The first-order valence-electron chi connectivity index (χ1n) is 5.34. The molecule has 0 unspecified atom stereocenters. The predicted molar refractivity (Wildman–Crippen MR) is 57.6 cm³/mol. The second-order valence-corrected chi connectivity index (χ2v) is 3.33. The average Bonchev–Trinajstić information content (AvgIpc) is 2.20. The maximum Gasteiger partial charge on any atom is 0.303 e. The SMILES string of the molecule is CCCNC(=O)[C@H](CCC(=O)O)NCC. The molecule has 0 aromatic heterocycles. The van der Waals surface area contributed by atoms with Gasteiger partial charge in [-0.05, 0) is 19.4 Å². The number of carboxylic acids is 1. The molecule has 0 saturated heterocycles. The van der Waals surface area contributed by atoms with Crippen molar-refractivity contribution in [3.05, 3.63) is 0 Å². The Labute approximate surface area is 90.2 Å². The molecule has 1 amide bonds. The molecule has 0 spiro atoms. The largest absolute Gasteiger partial charge is 0.481 e. The Morgan fingerprint density at radius 1 is 1.33 bits per heavy atom. The lowest BCUT2D eigenvalue weighted by molar-refractivity contribution is -0.137. The van der Waals surface area contributed by atoms with Gasteiger partial charge in [-0.15, -0.1) is 0 Å². The van der Waals surface area contributed by atoms with E-state index >= 15 is 0 Å². The van der Waals surface area contributed by atoms with Crippen LogP contribution in [0.25, 0.3) is 0 Å². The van der Waals surface area contributed by atoms with Gasteiger partial charge in [0.15, 0.2) is 0 Å². The fourth-order valence-corrected chi connectivity index (χ4v) is 1.21. The monoisotopic (exact) mass is 216 g/mol. The summed E-state index contributed by atoms with van der Waals surface area (Å²) in [6.45, 7) is 5.15. The zero-order valence-electron chi connectivity index (χ0n) is 9.38. The third kappa shape index (κ3) is 6.90. The molecule has 0 heterocycles. The summed E-state index contributed by atoms with van der Waals surface area (Å²) in [4.78, 5) is 21.9. The topological polar surface area (TPSA) is 78.4 Å². The van der Waals surface area contributed by atoms with Gasteiger partial charge in [0.2, 0.25) is 5.91 Å². The van der Waals surface area contributed by atoms with E-state index in [2.05, 4.69) is 10.6 Å². The quantitative estimate of drug-likeness (QED) is 0.547. The molecule has 0 aromatic rings. The lowest BCUT2D eigenvalue weighted by atomic mass is 10.1. The average molecular weight is 216 g/mol. The Bertz CT molecular complexity index is 207. The number of nitrogens with one attached hydrogen (secondary N) is 2. The van der Waals surface area contributed by atoms with E-state index in [1.807, 2.05) is 13.8 Å². The van der Waals surface area contributed by atoms with Crippen LogP contribution in [0.4, 0.5) is 0 Å². The fourth-order valence-electron chi connectivity index (χ4n) is 1.21. The van der Waals surface area contributed by atoms with Gasteiger partial charge in [0.1, 0.15) is 0 Å². The molecule has 0 saturated carbocycles. The third-order valence-electron chi connectivity index (χ3n) is 1.96. The molecule has 0 rings (SSSR count). The number of likely N-dealkylation sites (N-methyl/N-ethyl adjacent to an activating group) is 1. The highest BCUT2D eigenvalue weighted by Crippen LogP contribution is 1.97. The van der Waals surface area contributed by atoms with Gasteiger partial charge in [-0.25, -0.2) is 0 Å². The minimum atomic E-state index is -0.874. The molecule has 88 valence electrons. The molecule has 5 heteroatoms. The number of amides is 1. The molecule has 0 aliphatic carbocycles. The Morgan fingerprint density at radius 2 is 2.00 bits per heavy atom. The minimum absolute atomic E-state index is 0.0111. The maximum absolute atomic E-state index is 11.5. The van der Waals surface area contributed by atoms with Crippen LogP contribution in [0.5, 0.6) is 0 Å². The fraction of sp³-hybridized carbons (Fsp3) is 0.800. The lowest BCUT2D eigenvalue weighted by Gasteiger charge is -2.16. The summed E-state index contributed by atoms with van der Waals surface area (Å²) in [5.41, 5.74) is 0. The van der Waals surface area contributed by atoms with Gasteiger partial charge >= 0.3 is 5.97 Å². The Hall–Kier alpha value is -1.10. The summed E-state index contributed by atoms with van der Waals surface area (Å²) < 4.78 is 0. The van der Waals surface area contributed by atoms with Crippen LogP contribution in [-0.2, 0) is 9.59 Å². The molecule has 0 radical (unpaired) electrons. The van der Waals surface area contributed by atoms with Crippen molar-refractivity contribution in [2.75, 3.05) is 13.1 Å². The number of rotatable bonds is 8. The van der Waals surface area contributed by atoms with Crippen LogP contribution in [0.2, 0.25) is 0 Å². The summed E-state index contributed by atoms with van der Waals surface area (Å²) in [6.07, 6.45) is 1.22. The Kier molecular flexibility index (Phi) is 7.62. The second kappa shape index (κ2) is 8.23. The summed E-state index contributed by atoms with van der Waals surface area (Å²) in [5, 5.41) is 14.2. The highest BCUT2D eigenvalue weighted by molar-refractivity contribution is 5.82. The Morgan fingerprint density at radius 3 is 2.47 bits per heavy atom. The zero-order valence-corrected chi connectivity index (χ0v) is 9.38. The van der Waals surface area contributed by atoms with E-state index in [9.17, 15) is 9.59 Å². The normalized spacial score (nSPS) is 12.1.